The number of amides is 1. The van der Waals surface area contributed by atoms with Gasteiger partial charge in [0.2, 0.25) is 23.8 Å². The molecule has 0 aliphatic carbocycles. The molecular formula is C23H28N8O2. The fourth-order valence-corrected chi connectivity index (χ4v) is 3.48. The van der Waals surface area contributed by atoms with E-state index in [1.165, 1.54) is 0 Å². The molecule has 0 saturated carbocycles. The standard InChI is InChI=1S/C23H28N8O2/c1-33-18-8-4-6-16(12-18)14-26-21-29-22(27-15-17-7-5-10-24-13-17)31-23(30-21)28-19-9-2-3-11-25-20(19)32/h4-8,10,12-13,19H,2-3,9,11,14-15H2,1H3,(H,25,32)(H3,26,27,28,29,30,31). The number of hydrogen-bond acceptors (Lipinski definition) is 9. The number of carbonyl (C=O) groups is 1. The van der Waals surface area contributed by atoms with Crippen LogP contribution in [-0.4, -0.2) is 45.5 Å². The predicted octanol–water partition coefficient (Wildman–Crippen LogP) is 2.58. The normalized spacial score (nSPS) is 15.8. The Labute approximate surface area is 192 Å². The molecule has 10 heteroatoms. The van der Waals surface area contributed by atoms with Crippen LogP contribution >= 0.6 is 0 Å². The van der Waals surface area contributed by atoms with Crippen LogP contribution in [-0.2, 0) is 17.9 Å². The van der Waals surface area contributed by atoms with E-state index in [1.807, 2.05) is 36.4 Å². The van der Waals surface area contributed by atoms with Gasteiger partial charge in [0.05, 0.1) is 7.11 Å². The van der Waals surface area contributed by atoms with E-state index in [9.17, 15) is 4.79 Å². The number of methoxy groups -OCH3 is 1. The Hall–Kier alpha value is -3.95. The van der Waals surface area contributed by atoms with Gasteiger partial charge < -0.3 is 26.0 Å². The van der Waals surface area contributed by atoms with Crippen molar-refractivity contribution in [3.63, 3.8) is 0 Å². The second-order valence-corrected chi connectivity index (χ2v) is 7.71. The number of nitrogens with one attached hydrogen (secondary N) is 4. The molecule has 1 amide bonds. The Morgan fingerprint density at radius 2 is 1.76 bits per heavy atom. The van der Waals surface area contributed by atoms with E-state index in [4.69, 9.17) is 4.74 Å². The molecule has 1 saturated heterocycles. The molecule has 0 radical (unpaired) electrons. The number of aromatic nitrogens is 4. The molecule has 2 aromatic heterocycles. The molecular weight excluding hydrogens is 420 g/mol. The average molecular weight is 449 g/mol. The van der Waals surface area contributed by atoms with Crippen molar-refractivity contribution < 1.29 is 9.53 Å². The second kappa shape index (κ2) is 11.1. The number of benzene rings is 1. The highest BCUT2D eigenvalue weighted by Crippen LogP contribution is 2.17. The van der Waals surface area contributed by atoms with E-state index in [2.05, 4.69) is 41.2 Å². The number of nitrogens with zero attached hydrogens (tertiary/aromatic N) is 4. The summed E-state index contributed by atoms with van der Waals surface area (Å²) in [5.41, 5.74) is 2.03. The van der Waals surface area contributed by atoms with Crippen molar-refractivity contribution in [3.05, 3.63) is 59.9 Å². The minimum absolute atomic E-state index is 0.0383. The molecule has 33 heavy (non-hydrogen) atoms. The van der Waals surface area contributed by atoms with Crippen LogP contribution in [0.3, 0.4) is 0 Å². The van der Waals surface area contributed by atoms with Gasteiger partial charge >= 0.3 is 0 Å². The highest BCUT2D eigenvalue weighted by Gasteiger charge is 2.22. The Kier molecular flexibility index (Phi) is 7.47. The van der Waals surface area contributed by atoms with Gasteiger partial charge in [0, 0.05) is 32.0 Å². The van der Waals surface area contributed by atoms with Crippen molar-refractivity contribution in [3.8, 4) is 5.75 Å². The average Bonchev–Trinajstić information content (AvgIpc) is 3.06. The van der Waals surface area contributed by atoms with E-state index in [0.717, 1.165) is 36.1 Å². The predicted molar refractivity (Wildman–Crippen MR) is 126 cm³/mol. The summed E-state index contributed by atoms with van der Waals surface area (Å²) in [5, 5.41) is 12.6. The van der Waals surface area contributed by atoms with Crippen LogP contribution in [0.5, 0.6) is 5.75 Å². The molecule has 0 spiro atoms. The SMILES string of the molecule is COc1cccc(CNc2nc(NCc3cccnc3)nc(NC3CCCCNC3=O)n2)c1. The molecule has 1 aliphatic rings. The van der Waals surface area contributed by atoms with E-state index in [0.29, 0.717) is 37.5 Å². The Bertz CT molecular complexity index is 1060. The number of hydrogen-bond donors (Lipinski definition) is 4. The first-order chi connectivity index (χ1) is 16.2. The number of pyridine rings is 1. The van der Waals surface area contributed by atoms with Crippen molar-refractivity contribution in [2.24, 2.45) is 0 Å². The summed E-state index contributed by atoms with van der Waals surface area (Å²) in [4.78, 5) is 30.0. The van der Waals surface area contributed by atoms with Crippen molar-refractivity contribution in [1.29, 1.82) is 0 Å². The third-order valence-electron chi connectivity index (χ3n) is 5.23. The quantitative estimate of drug-likeness (QED) is 0.391. The van der Waals surface area contributed by atoms with Crippen molar-refractivity contribution >= 4 is 23.8 Å². The van der Waals surface area contributed by atoms with Gasteiger partial charge in [-0.15, -0.1) is 0 Å². The van der Waals surface area contributed by atoms with E-state index in [-0.39, 0.29) is 11.9 Å². The maximum Gasteiger partial charge on any atom is 0.242 e. The lowest BCUT2D eigenvalue weighted by atomic mass is 10.1. The molecule has 1 atom stereocenters. The van der Waals surface area contributed by atoms with Crippen LogP contribution < -0.4 is 26.0 Å². The number of carbonyl (C=O) groups excluding carboxylic acids is 1. The fourth-order valence-electron chi connectivity index (χ4n) is 3.48. The number of anilines is 3. The molecule has 1 unspecified atom stereocenters. The lowest BCUT2D eigenvalue weighted by Gasteiger charge is -2.16. The first kappa shape index (κ1) is 22.3. The summed E-state index contributed by atoms with van der Waals surface area (Å²) in [6, 6.07) is 11.2. The second-order valence-electron chi connectivity index (χ2n) is 7.71. The third kappa shape index (κ3) is 6.52. The minimum Gasteiger partial charge on any atom is -0.497 e. The zero-order chi connectivity index (χ0) is 22.9. The number of rotatable bonds is 9. The van der Waals surface area contributed by atoms with Crippen LogP contribution in [0, 0.1) is 0 Å². The molecule has 1 fully saturated rings. The van der Waals surface area contributed by atoms with Gasteiger partial charge in [-0.1, -0.05) is 18.2 Å². The van der Waals surface area contributed by atoms with Crippen molar-refractivity contribution in [2.45, 2.75) is 38.4 Å². The van der Waals surface area contributed by atoms with Gasteiger partial charge in [0.1, 0.15) is 11.8 Å². The van der Waals surface area contributed by atoms with Gasteiger partial charge in [0.25, 0.3) is 0 Å². The van der Waals surface area contributed by atoms with E-state index < -0.39 is 0 Å². The summed E-state index contributed by atoms with van der Waals surface area (Å²) in [5.74, 6) is 1.89. The molecule has 4 N–H and O–H groups in total. The van der Waals surface area contributed by atoms with Crippen molar-refractivity contribution in [2.75, 3.05) is 29.6 Å². The summed E-state index contributed by atoms with van der Waals surface area (Å²) < 4.78 is 5.29. The molecule has 3 heterocycles. The lowest BCUT2D eigenvalue weighted by molar-refractivity contribution is -0.121. The van der Waals surface area contributed by atoms with Crippen molar-refractivity contribution in [1.82, 2.24) is 25.3 Å². The molecule has 4 rings (SSSR count). The van der Waals surface area contributed by atoms with Gasteiger partial charge in [-0.25, -0.2) is 0 Å². The summed E-state index contributed by atoms with van der Waals surface area (Å²) >= 11 is 0. The maximum atomic E-state index is 12.4. The monoisotopic (exact) mass is 448 g/mol. The van der Waals surface area contributed by atoms with Gasteiger partial charge in [-0.2, -0.15) is 15.0 Å². The van der Waals surface area contributed by atoms with E-state index in [1.54, 1.807) is 19.5 Å². The van der Waals surface area contributed by atoms with Crippen LogP contribution in [0.15, 0.2) is 48.8 Å². The molecule has 1 aliphatic heterocycles. The van der Waals surface area contributed by atoms with E-state index >= 15 is 0 Å². The Morgan fingerprint density at radius 1 is 1.00 bits per heavy atom. The summed E-state index contributed by atoms with van der Waals surface area (Å²) in [6.07, 6.45) is 6.15. The van der Waals surface area contributed by atoms with Crippen LogP contribution in [0.25, 0.3) is 0 Å². The third-order valence-corrected chi connectivity index (χ3v) is 5.23. The minimum atomic E-state index is -0.382. The summed E-state index contributed by atoms with van der Waals surface area (Å²) in [6.45, 7) is 1.71. The van der Waals surface area contributed by atoms with Crippen LogP contribution in [0.1, 0.15) is 30.4 Å². The first-order valence-electron chi connectivity index (χ1n) is 11.0. The Morgan fingerprint density at radius 3 is 2.52 bits per heavy atom. The smallest absolute Gasteiger partial charge is 0.242 e. The molecule has 1 aromatic carbocycles. The fraction of sp³-hybridized carbons (Fsp3) is 0.348. The first-order valence-corrected chi connectivity index (χ1v) is 11.0. The molecule has 172 valence electrons. The molecule has 10 nitrogen and oxygen atoms in total. The molecule has 0 bridgehead atoms. The van der Waals surface area contributed by atoms with Crippen LogP contribution in [0.2, 0.25) is 0 Å². The van der Waals surface area contributed by atoms with Crippen LogP contribution in [0.4, 0.5) is 17.8 Å². The Balaban J connectivity index is 1.51. The van der Waals surface area contributed by atoms with Gasteiger partial charge in [-0.3, -0.25) is 9.78 Å². The zero-order valence-electron chi connectivity index (χ0n) is 18.5. The summed E-state index contributed by atoms with van der Waals surface area (Å²) in [7, 11) is 1.64. The highest BCUT2D eigenvalue weighted by molar-refractivity contribution is 5.84. The molecule has 3 aromatic rings. The van der Waals surface area contributed by atoms with Gasteiger partial charge in [0.15, 0.2) is 0 Å². The zero-order valence-corrected chi connectivity index (χ0v) is 18.5. The lowest BCUT2D eigenvalue weighted by Crippen LogP contribution is -2.38. The number of ether oxygens (including phenoxy) is 1. The maximum absolute atomic E-state index is 12.4. The van der Waals surface area contributed by atoms with Gasteiger partial charge in [-0.05, 0) is 48.6 Å². The highest BCUT2D eigenvalue weighted by atomic mass is 16.5. The topological polar surface area (TPSA) is 126 Å². The largest absolute Gasteiger partial charge is 0.497 e.